The van der Waals surface area contributed by atoms with E-state index in [0.717, 1.165) is 22.7 Å². The number of carbonyl (C=O) groups is 4. The van der Waals surface area contributed by atoms with Gasteiger partial charge >= 0.3 is 5.97 Å². The molecule has 0 spiro atoms. The summed E-state index contributed by atoms with van der Waals surface area (Å²) in [6.45, 7) is 1.36. The molecule has 0 bridgehead atoms. The van der Waals surface area contributed by atoms with Crippen molar-refractivity contribution in [2.45, 2.75) is 29.1 Å². The number of nitrogens with zero attached hydrogens (tertiary/aromatic N) is 3. The van der Waals surface area contributed by atoms with Gasteiger partial charge in [0.25, 0.3) is 9.96 Å². The summed E-state index contributed by atoms with van der Waals surface area (Å²) in [4.78, 5) is 61.2. The Morgan fingerprint density at radius 3 is 2.73 bits per heavy atom. The van der Waals surface area contributed by atoms with Crippen molar-refractivity contribution in [2.24, 2.45) is 0 Å². The minimum atomic E-state index is -1.21. The van der Waals surface area contributed by atoms with Crippen LogP contribution in [0, 0.1) is 0 Å². The summed E-state index contributed by atoms with van der Waals surface area (Å²) in [6, 6.07) is -0.815. The topological polar surface area (TPSA) is 159 Å². The number of β-lactam (4-membered cyclic amide) rings is 1. The van der Waals surface area contributed by atoms with E-state index >= 15 is 0 Å². The van der Waals surface area contributed by atoms with Crippen LogP contribution >= 0.6 is 57.5 Å². The third-order valence-electron chi connectivity index (χ3n) is 4.46. The van der Waals surface area contributed by atoms with Gasteiger partial charge < -0.3 is 15.7 Å². The van der Waals surface area contributed by atoms with Gasteiger partial charge in [-0.05, 0) is 5.57 Å². The Balaban J connectivity index is 1.41. The number of hydrogen-bond acceptors (Lipinski definition) is 12. The van der Waals surface area contributed by atoms with Gasteiger partial charge in [-0.1, -0.05) is 45.8 Å². The van der Waals surface area contributed by atoms with Gasteiger partial charge in [0.15, 0.2) is 4.34 Å². The predicted octanol–water partition coefficient (Wildman–Crippen LogP) is 1.05. The number of nitrogens with one attached hydrogen (secondary N) is 2. The molecule has 0 saturated carbocycles. The first-order valence-corrected chi connectivity index (χ1v) is 13.8. The van der Waals surface area contributed by atoms with E-state index in [2.05, 4.69) is 20.8 Å². The number of amides is 3. The van der Waals surface area contributed by atoms with Gasteiger partial charge in [0, 0.05) is 28.7 Å². The minimum absolute atomic E-state index is 0.00356. The molecule has 0 radical (unpaired) electrons. The van der Waals surface area contributed by atoms with Crippen molar-refractivity contribution in [3.05, 3.63) is 30.4 Å². The standard InChI is InChI=1S/C17H15N5O6S5/c1-6(23)18-15-20-21-16(33-15)30-4-7-3-29-13-10(12(25)22(13)11(7)14(26)27)19-9(24)2-8-5-31-17(28)32-8/h5,10,13H,2-4H2,1H3,(H,19,24)(H,26,27)(H,18,20,23). The lowest BCUT2D eigenvalue weighted by Gasteiger charge is -2.49. The molecule has 4 rings (SSSR count). The average molecular weight is 546 g/mol. The second-order valence-corrected chi connectivity index (χ2v) is 12.3. The highest BCUT2D eigenvalue weighted by atomic mass is 32.2. The number of anilines is 1. The maximum Gasteiger partial charge on any atom is 0.352 e. The number of carboxylic acid groups (broad SMARTS) is 1. The maximum absolute atomic E-state index is 12.7. The Labute approximate surface area is 206 Å². The second kappa shape index (κ2) is 9.92. The predicted molar refractivity (Wildman–Crippen MR) is 127 cm³/mol. The van der Waals surface area contributed by atoms with Crippen LogP contribution in [0.2, 0.25) is 0 Å². The highest BCUT2D eigenvalue weighted by Gasteiger charge is 2.54. The molecule has 2 atom stereocenters. The maximum atomic E-state index is 12.7. The number of thioether (sulfide) groups is 2. The van der Waals surface area contributed by atoms with E-state index in [9.17, 15) is 29.1 Å². The Kier molecular flexibility index (Phi) is 7.18. The lowest BCUT2D eigenvalue weighted by Crippen LogP contribution is -2.70. The molecular formula is C17H15N5O6S5. The van der Waals surface area contributed by atoms with E-state index in [0.29, 0.717) is 25.7 Å². The highest BCUT2D eigenvalue weighted by molar-refractivity contribution is 8.01. The number of carboxylic acids is 1. The van der Waals surface area contributed by atoms with Crippen LogP contribution < -0.4 is 14.7 Å². The molecule has 0 aromatic carbocycles. The summed E-state index contributed by atoms with van der Waals surface area (Å²) >= 11 is 5.82. The summed E-state index contributed by atoms with van der Waals surface area (Å²) in [5, 5.41) is 24.2. The van der Waals surface area contributed by atoms with E-state index in [-0.39, 0.29) is 27.8 Å². The highest BCUT2D eigenvalue weighted by Crippen LogP contribution is 2.42. The molecule has 2 aliphatic rings. The monoisotopic (exact) mass is 545 g/mol. The van der Waals surface area contributed by atoms with Crippen molar-refractivity contribution in [2.75, 3.05) is 16.8 Å². The second-order valence-electron chi connectivity index (χ2n) is 6.79. The van der Waals surface area contributed by atoms with Crippen LogP contribution in [0.5, 0.6) is 0 Å². The van der Waals surface area contributed by atoms with Gasteiger partial charge in [-0.25, -0.2) is 4.79 Å². The van der Waals surface area contributed by atoms with Crippen LogP contribution in [0.25, 0.3) is 0 Å². The fourth-order valence-electron chi connectivity index (χ4n) is 3.14. The fourth-order valence-corrected chi connectivity index (χ4v) is 8.15. The van der Waals surface area contributed by atoms with Gasteiger partial charge in [0.05, 0.1) is 6.42 Å². The van der Waals surface area contributed by atoms with Crippen LogP contribution in [0.3, 0.4) is 0 Å². The van der Waals surface area contributed by atoms with Crippen LogP contribution in [0.1, 0.15) is 11.8 Å². The van der Waals surface area contributed by atoms with Crippen LogP contribution in [0.15, 0.2) is 25.8 Å². The van der Waals surface area contributed by atoms with Gasteiger partial charge in [-0.3, -0.25) is 24.1 Å². The Bertz CT molecular complexity index is 1220. The molecular weight excluding hydrogens is 531 g/mol. The van der Waals surface area contributed by atoms with Crippen molar-refractivity contribution < 1.29 is 24.3 Å². The number of aliphatic carboxylic acids is 1. The molecule has 4 heterocycles. The zero-order valence-corrected chi connectivity index (χ0v) is 20.8. The summed E-state index contributed by atoms with van der Waals surface area (Å²) in [7, 11) is 0. The van der Waals surface area contributed by atoms with Crippen molar-refractivity contribution in [1.82, 2.24) is 20.4 Å². The number of fused-ring (bicyclic) bond motifs is 1. The quantitative estimate of drug-likeness (QED) is 0.249. The lowest BCUT2D eigenvalue weighted by molar-refractivity contribution is -0.150. The third kappa shape index (κ3) is 5.29. The summed E-state index contributed by atoms with van der Waals surface area (Å²) < 4.78 is 0.451. The molecule has 3 amide bonds. The smallest absolute Gasteiger partial charge is 0.352 e. The van der Waals surface area contributed by atoms with Gasteiger partial charge in [0.1, 0.15) is 17.1 Å². The molecule has 16 heteroatoms. The lowest BCUT2D eigenvalue weighted by atomic mass is 10.0. The first-order chi connectivity index (χ1) is 15.7. The van der Waals surface area contributed by atoms with Crippen LogP contribution in [0.4, 0.5) is 5.13 Å². The number of carbonyl (C=O) groups excluding carboxylic acids is 3. The Morgan fingerprint density at radius 1 is 1.27 bits per heavy atom. The summed E-state index contributed by atoms with van der Waals surface area (Å²) in [5.41, 5.74) is 0.482. The zero-order chi connectivity index (χ0) is 23.7. The molecule has 33 heavy (non-hydrogen) atoms. The number of aromatic nitrogens is 2. The SMILES string of the molecule is CC(=O)Nc1nnc(SCC2=C(C(=O)O)N3C(=O)C(NC(=O)Cc4csc(=O)s4)C3SC2)s1. The normalized spacial score (nSPS) is 19.7. The average Bonchev–Trinajstić information content (AvgIpc) is 3.37. The van der Waals surface area contributed by atoms with Crippen molar-refractivity contribution in [1.29, 1.82) is 0 Å². The fraction of sp³-hybridized carbons (Fsp3) is 0.353. The Hall–Kier alpha value is -2.27. The van der Waals surface area contributed by atoms with E-state index < -0.39 is 29.2 Å². The first kappa shape index (κ1) is 23.9. The van der Waals surface area contributed by atoms with Gasteiger partial charge in [-0.2, -0.15) is 0 Å². The number of rotatable bonds is 8. The van der Waals surface area contributed by atoms with Gasteiger partial charge in [0.2, 0.25) is 16.9 Å². The zero-order valence-electron chi connectivity index (χ0n) is 16.7. The first-order valence-electron chi connectivity index (χ1n) is 9.23. The molecule has 11 nitrogen and oxygen atoms in total. The van der Waals surface area contributed by atoms with E-state index in [1.165, 1.54) is 46.7 Å². The molecule has 0 aliphatic carbocycles. The minimum Gasteiger partial charge on any atom is -0.477 e. The van der Waals surface area contributed by atoms with Crippen molar-refractivity contribution in [3.63, 3.8) is 0 Å². The van der Waals surface area contributed by atoms with Crippen molar-refractivity contribution in [3.8, 4) is 0 Å². The molecule has 1 saturated heterocycles. The van der Waals surface area contributed by atoms with Crippen LogP contribution in [-0.4, -0.2) is 66.8 Å². The van der Waals surface area contributed by atoms with Crippen LogP contribution in [-0.2, 0) is 25.6 Å². The molecule has 2 aliphatic heterocycles. The number of hydrogen-bond donors (Lipinski definition) is 3. The van der Waals surface area contributed by atoms with E-state index in [1.54, 1.807) is 5.38 Å². The molecule has 2 aromatic rings. The third-order valence-corrected chi connectivity index (χ3v) is 9.83. The van der Waals surface area contributed by atoms with E-state index in [4.69, 9.17) is 0 Å². The molecule has 2 unspecified atom stereocenters. The largest absolute Gasteiger partial charge is 0.477 e. The van der Waals surface area contributed by atoms with E-state index in [1.807, 2.05) is 0 Å². The summed E-state index contributed by atoms with van der Waals surface area (Å²) in [6.07, 6.45) is -0.00356. The van der Waals surface area contributed by atoms with Gasteiger partial charge in [-0.15, -0.1) is 22.0 Å². The van der Waals surface area contributed by atoms with Crippen molar-refractivity contribution >= 4 is 86.4 Å². The molecule has 174 valence electrons. The molecule has 3 N–H and O–H groups in total. The summed E-state index contributed by atoms with van der Waals surface area (Å²) in [5.74, 6) is -1.70. The molecule has 2 aromatic heterocycles. The molecule has 1 fully saturated rings. The Morgan fingerprint density at radius 2 is 2.06 bits per heavy atom.